The molecule has 0 saturated heterocycles. The molecule has 2 heterocycles. The maximum absolute atomic E-state index is 13.5. The largest absolute Gasteiger partial charge is 0.444 e. The number of ketones is 1. The molecule has 3 rings (SSSR count). The lowest BCUT2D eigenvalue weighted by atomic mass is 9.70. The van der Waals surface area contributed by atoms with E-state index < -0.39 is 23.2 Å². The SMILES string of the molecule is Cn1ncc([C@H]2C(C#N)=C(N)OC3=C2C(=O)CC(C)(C)C3)c1C(F)(F)F. The van der Waals surface area contributed by atoms with E-state index in [2.05, 4.69) is 5.10 Å². The number of halogens is 3. The number of ether oxygens (including phenoxy) is 1. The summed E-state index contributed by atoms with van der Waals surface area (Å²) >= 11 is 0. The van der Waals surface area contributed by atoms with Gasteiger partial charge in [0.1, 0.15) is 23.1 Å². The summed E-state index contributed by atoms with van der Waals surface area (Å²) in [7, 11) is 1.16. The van der Waals surface area contributed by atoms with E-state index in [-0.39, 0.29) is 40.6 Å². The Morgan fingerprint density at radius 2 is 2.08 bits per heavy atom. The molecule has 0 spiro atoms. The summed E-state index contributed by atoms with van der Waals surface area (Å²) in [4.78, 5) is 12.7. The van der Waals surface area contributed by atoms with Crippen LogP contribution in [0.1, 0.15) is 43.9 Å². The molecule has 2 N–H and O–H groups in total. The van der Waals surface area contributed by atoms with Gasteiger partial charge in [-0.25, -0.2) is 0 Å². The number of alkyl halides is 3. The van der Waals surface area contributed by atoms with Crippen LogP contribution >= 0.6 is 0 Å². The smallest absolute Gasteiger partial charge is 0.433 e. The van der Waals surface area contributed by atoms with Gasteiger partial charge in [0.15, 0.2) is 5.78 Å². The van der Waals surface area contributed by atoms with Crippen LogP contribution in [0.15, 0.2) is 29.0 Å². The van der Waals surface area contributed by atoms with E-state index in [1.54, 1.807) is 6.07 Å². The first-order valence-corrected chi connectivity index (χ1v) is 7.89. The molecule has 0 unspecified atom stereocenters. The molecule has 0 aromatic carbocycles. The van der Waals surface area contributed by atoms with Gasteiger partial charge in [0.25, 0.3) is 0 Å². The Morgan fingerprint density at radius 3 is 2.65 bits per heavy atom. The van der Waals surface area contributed by atoms with E-state index >= 15 is 0 Å². The third-order valence-corrected chi connectivity index (χ3v) is 4.62. The normalized spacial score (nSPS) is 22.8. The van der Waals surface area contributed by atoms with Crippen molar-refractivity contribution in [1.29, 1.82) is 5.26 Å². The van der Waals surface area contributed by atoms with Crippen LogP contribution in [0, 0.1) is 16.7 Å². The minimum atomic E-state index is -4.70. The van der Waals surface area contributed by atoms with Gasteiger partial charge < -0.3 is 10.5 Å². The second kappa shape index (κ2) is 5.62. The molecule has 138 valence electrons. The number of hydrogen-bond donors (Lipinski definition) is 1. The summed E-state index contributed by atoms with van der Waals surface area (Å²) in [6, 6.07) is 1.80. The molecule has 6 nitrogen and oxygen atoms in total. The molecule has 0 saturated carbocycles. The molecule has 0 fully saturated rings. The van der Waals surface area contributed by atoms with Crippen LogP contribution in [0.4, 0.5) is 13.2 Å². The van der Waals surface area contributed by atoms with Gasteiger partial charge >= 0.3 is 6.18 Å². The van der Waals surface area contributed by atoms with Crippen molar-refractivity contribution in [3.63, 3.8) is 0 Å². The fourth-order valence-corrected chi connectivity index (χ4v) is 3.61. The molecular weight excluding hydrogens is 349 g/mol. The fraction of sp³-hybridized carbons (Fsp3) is 0.471. The molecule has 1 atom stereocenters. The van der Waals surface area contributed by atoms with Gasteiger partial charge in [0.05, 0.1) is 12.1 Å². The molecule has 0 radical (unpaired) electrons. The van der Waals surface area contributed by atoms with Crippen molar-refractivity contribution in [3.8, 4) is 6.07 Å². The molecule has 26 heavy (non-hydrogen) atoms. The van der Waals surface area contributed by atoms with Crippen LogP contribution in [-0.2, 0) is 22.8 Å². The van der Waals surface area contributed by atoms with E-state index in [9.17, 15) is 23.2 Å². The predicted molar refractivity (Wildman–Crippen MR) is 83.9 cm³/mol. The minimum Gasteiger partial charge on any atom is -0.444 e. The quantitative estimate of drug-likeness (QED) is 0.825. The fourth-order valence-electron chi connectivity index (χ4n) is 3.61. The van der Waals surface area contributed by atoms with Gasteiger partial charge in [-0.05, 0) is 5.41 Å². The lowest BCUT2D eigenvalue weighted by Gasteiger charge is -2.37. The zero-order valence-corrected chi connectivity index (χ0v) is 14.4. The lowest BCUT2D eigenvalue weighted by Crippen LogP contribution is -2.34. The van der Waals surface area contributed by atoms with Gasteiger partial charge in [-0.1, -0.05) is 13.8 Å². The number of rotatable bonds is 1. The molecule has 1 aromatic rings. The maximum Gasteiger partial charge on any atom is 0.433 e. The standard InChI is InChI=1S/C17H17F3N4O2/c1-16(2)4-10(25)13-11(5-16)26-15(22)8(6-21)12(13)9-7-23-24(3)14(9)17(18,19)20/h7,12H,4-5,22H2,1-3H3/t12-/m1/s1. The monoisotopic (exact) mass is 366 g/mol. The van der Waals surface area contributed by atoms with Crippen molar-refractivity contribution < 1.29 is 22.7 Å². The number of allylic oxidation sites excluding steroid dienone is 3. The highest BCUT2D eigenvalue weighted by Crippen LogP contribution is 2.49. The first-order valence-electron chi connectivity index (χ1n) is 7.89. The van der Waals surface area contributed by atoms with E-state index in [4.69, 9.17) is 10.5 Å². The highest BCUT2D eigenvalue weighted by atomic mass is 19.4. The summed E-state index contributed by atoms with van der Waals surface area (Å²) < 4.78 is 46.8. The van der Waals surface area contributed by atoms with Crippen molar-refractivity contribution in [2.45, 2.75) is 38.8 Å². The molecule has 1 aliphatic carbocycles. The molecule has 2 aliphatic rings. The number of nitrogens with zero attached hydrogens (tertiary/aromatic N) is 3. The average Bonchev–Trinajstić information content (AvgIpc) is 2.85. The number of aromatic nitrogens is 2. The summed E-state index contributed by atoms with van der Waals surface area (Å²) in [5, 5.41) is 13.2. The Morgan fingerprint density at radius 1 is 1.42 bits per heavy atom. The van der Waals surface area contributed by atoms with Gasteiger partial charge in [0, 0.05) is 31.0 Å². The first kappa shape index (κ1) is 18.0. The number of aryl methyl sites for hydroxylation is 1. The van der Waals surface area contributed by atoms with Crippen LogP contribution in [0.25, 0.3) is 0 Å². The highest BCUT2D eigenvalue weighted by Gasteiger charge is 2.47. The zero-order valence-electron chi connectivity index (χ0n) is 14.4. The van der Waals surface area contributed by atoms with Crippen molar-refractivity contribution in [3.05, 3.63) is 40.2 Å². The Kier molecular flexibility index (Phi) is 3.90. The average molecular weight is 366 g/mol. The Labute approximate surface area is 147 Å². The third kappa shape index (κ3) is 2.75. The van der Waals surface area contributed by atoms with Crippen molar-refractivity contribution in [2.24, 2.45) is 18.2 Å². The highest BCUT2D eigenvalue weighted by molar-refractivity contribution is 6.00. The molecule has 1 aliphatic heterocycles. The van der Waals surface area contributed by atoms with E-state index in [1.807, 2.05) is 13.8 Å². The zero-order chi connectivity index (χ0) is 19.4. The Hall–Kier alpha value is -2.76. The predicted octanol–water partition coefficient (Wildman–Crippen LogP) is 2.89. The number of hydrogen-bond acceptors (Lipinski definition) is 5. The van der Waals surface area contributed by atoms with E-state index in [1.165, 1.54) is 0 Å². The van der Waals surface area contributed by atoms with Gasteiger partial charge in [-0.15, -0.1) is 0 Å². The van der Waals surface area contributed by atoms with Crippen LogP contribution in [0.2, 0.25) is 0 Å². The topological polar surface area (TPSA) is 93.9 Å². The van der Waals surface area contributed by atoms with Gasteiger partial charge in [-0.2, -0.15) is 23.5 Å². The minimum absolute atomic E-state index is 0.0635. The van der Waals surface area contributed by atoms with Crippen LogP contribution in [0.3, 0.4) is 0 Å². The second-order valence-electron chi connectivity index (χ2n) is 7.27. The van der Waals surface area contributed by atoms with Crippen molar-refractivity contribution in [2.75, 3.05) is 0 Å². The Balaban J connectivity index is 2.27. The van der Waals surface area contributed by atoms with Gasteiger partial charge in [-0.3, -0.25) is 9.48 Å². The van der Waals surface area contributed by atoms with Crippen molar-refractivity contribution in [1.82, 2.24) is 9.78 Å². The summed E-state index contributed by atoms with van der Waals surface area (Å²) in [5.41, 5.74) is 3.95. The summed E-state index contributed by atoms with van der Waals surface area (Å²) in [5.74, 6) is -1.64. The summed E-state index contributed by atoms with van der Waals surface area (Å²) in [6.07, 6.45) is -3.19. The first-order chi connectivity index (χ1) is 12.0. The second-order valence-corrected chi connectivity index (χ2v) is 7.27. The molecule has 9 heteroatoms. The van der Waals surface area contributed by atoms with Crippen molar-refractivity contribution >= 4 is 5.78 Å². The molecule has 0 amide bonds. The van der Waals surface area contributed by atoms with Gasteiger partial charge in [0.2, 0.25) is 5.88 Å². The number of nitriles is 1. The van der Waals surface area contributed by atoms with Crippen LogP contribution < -0.4 is 5.73 Å². The molecular formula is C17H17F3N4O2. The maximum atomic E-state index is 13.5. The molecule has 1 aromatic heterocycles. The van der Waals surface area contributed by atoms with E-state index in [0.717, 1.165) is 13.2 Å². The summed E-state index contributed by atoms with van der Waals surface area (Å²) in [6.45, 7) is 3.72. The molecule has 0 bridgehead atoms. The number of nitrogens with two attached hydrogens (primary N) is 1. The van der Waals surface area contributed by atoms with Crippen LogP contribution in [-0.4, -0.2) is 15.6 Å². The van der Waals surface area contributed by atoms with E-state index in [0.29, 0.717) is 11.1 Å². The number of carbonyl (C=O) groups is 1. The number of Topliss-reactive ketones (excluding diaryl/α,β-unsaturated/α-hetero) is 1. The third-order valence-electron chi connectivity index (χ3n) is 4.62. The lowest BCUT2D eigenvalue weighted by molar-refractivity contribution is -0.144. The number of carbonyl (C=O) groups excluding carboxylic acids is 1. The Bertz CT molecular complexity index is 900. The van der Waals surface area contributed by atoms with Crippen LogP contribution in [0.5, 0.6) is 0 Å².